The molecule has 0 fully saturated rings. The Morgan fingerprint density at radius 3 is 2.65 bits per heavy atom. The average Bonchev–Trinajstić information content (AvgIpc) is 2.55. The van der Waals surface area contributed by atoms with Crippen molar-refractivity contribution in [2.24, 2.45) is 0 Å². The van der Waals surface area contributed by atoms with Crippen LogP contribution in [-0.2, 0) is 11.2 Å². The molecule has 1 heterocycles. The number of aryl methyl sites for hydroxylation is 2. The first-order valence-electron chi connectivity index (χ1n) is 7.08. The summed E-state index contributed by atoms with van der Waals surface area (Å²) in [5.74, 6) is -1.02. The molecule has 120 valence electrons. The second-order valence-electron chi connectivity index (χ2n) is 4.98. The normalized spacial score (nSPS) is 10.2. The molecule has 0 radical (unpaired) electrons. The highest BCUT2D eigenvalue weighted by Crippen LogP contribution is 2.17. The van der Waals surface area contributed by atoms with Gasteiger partial charge in [0.1, 0.15) is 11.5 Å². The summed E-state index contributed by atoms with van der Waals surface area (Å²) in [6.45, 7) is 1.77. The number of hydrogen-bond donors (Lipinski definition) is 2. The van der Waals surface area contributed by atoms with Gasteiger partial charge in [-0.05, 0) is 37.1 Å². The number of amides is 2. The monoisotopic (exact) mass is 316 g/mol. The molecule has 0 bridgehead atoms. The first kappa shape index (κ1) is 16.5. The van der Waals surface area contributed by atoms with Crippen LogP contribution in [0.1, 0.15) is 28.2 Å². The standard InChI is InChI=1S/C16H17FN4O2/c1-10-8-20-14(9-19-10)16(23)21-12-4-5-13(17)11(7-12)3-6-15(22)18-2/h4-5,7-9H,3,6H2,1-2H3,(H,18,22)(H,21,23). The highest BCUT2D eigenvalue weighted by molar-refractivity contribution is 6.02. The summed E-state index contributed by atoms with van der Waals surface area (Å²) in [7, 11) is 1.53. The Bertz CT molecular complexity index is 717. The van der Waals surface area contributed by atoms with E-state index in [4.69, 9.17) is 0 Å². The maximum absolute atomic E-state index is 13.8. The summed E-state index contributed by atoms with van der Waals surface area (Å²) in [5.41, 5.74) is 1.68. The molecule has 2 rings (SSSR count). The fraction of sp³-hybridized carbons (Fsp3) is 0.250. The van der Waals surface area contributed by atoms with E-state index in [1.54, 1.807) is 6.92 Å². The summed E-state index contributed by atoms with van der Waals surface area (Å²) in [6.07, 6.45) is 3.29. The zero-order valence-corrected chi connectivity index (χ0v) is 12.9. The lowest BCUT2D eigenvalue weighted by Gasteiger charge is -2.08. The van der Waals surface area contributed by atoms with Gasteiger partial charge in [-0.1, -0.05) is 0 Å². The van der Waals surface area contributed by atoms with Crippen molar-refractivity contribution in [2.75, 3.05) is 12.4 Å². The summed E-state index contributed by atoms with van der Waals surface area (Å²) in [5, 5.41) is 5.12. The van der Waals surface area contributed by atoms with E-state index in [9.17, 15) is 14.0 Å². The lowest BCUT2D eigenvalue weighted by Crippen LogP contribution is -2.18. The van der Waals surface area contributed by atoms with E-state index in [2.05, 4.69) is 20.6 Å². The molecule has 6 nitrogen and oxygen atoms in total. The quantitative estimate of drug-likeness (QED) is 0.882. The molecule has 1 aromatic carbocycles. The first-order chi connectivity index (χ1) is 11.0. The predicted molar refractivity (Wildman–Crippen MR) is 83.5 cm³/mol. The number of nitrogens with zero attached hydrogens (tertiary/aromatic N) is 2. The van der Waals surface area contributed by atoms with Crippen LogP contribution >= 0.6 is 0 Å². The summed E-state index contributed by atoms with van der Waals surface area (Å²) >= 11 is 0. The van der Waals surface area contributed by atoms with Crippen LogP contribution in [0.2, 0.25) is 0 Å². The van der Waals surface area contributed by atoms with E-state index in [-0.39, 0.29) is 24.4 Å². The highest BCUT2D eigenvalue weighted by atomic mass is 19.1. The minimum atomic E-state index is -0.429. The van der Waals surface area contributed by atoms with Gasteiger partial charge in [0, 0.05) is 25.4 Å². The van der Waals surface area contributed by atoms with E-state index in [0.717, 1.165) is 0 Å². The molecule has 0 atom stereocenters. The molecule has 2 N–H and O–H groups in total. The molecule has 2 amide bonds. The molecule has 0 unspecified atom stereocenters. The molecular formula is C16H17FN4O2. The van der Waals surface area contributed by atoms with Gasteiger partial charge in [-0.2, -0.15) is 0 Å². The van der Waals surface area contributed by atoms with E-state index < -0.39 is 11.7 Å². The van der Waals surface area contributed by atoms with Crippen LogP contribution in [0.3, 0.4) is 0 Å². The lowest BCUT2D eigenvalue weighted by atomic mass is 10.1. The van der Waals surface area contributed by atoms with Gasteiger partial charge in [0.25, 0.3) is 5.91 Å². The van der Waals surface area contributed by atoms with Crippen molar-refractivity contribution in [1.29, 1.82) is 0 Å². The van der Waals surface area contributed by atoms with E-state index in [0.29, 0.717) is 16.9 Å². The fourth-order valence-electron chi connectivity index (χ4n) is 1.92. The largest absolute Gasteiger partial charge is 0.359 e. The van der Waals surface area contributed by atoms with Crippen LogP contribution in [0.15, 0.2) is 30.6 Å². The molecule has 23 heavy (non-hydrogen) atoms. The van der Waals surface area contributed by atoms with Crippen molar-refractivity contribution < 1.29 is 14.0 Å². The van der Waals surface area contributed by atoms with E-state index >= 15 is 0 Å². The molecular weight excluding hydrogens is 299 g/mol. The topological polar surface area (TPSA) is 84.0 Å². The van der Waals surface area contributed by atoms with Crippen LogP contribution in [0, 0.1) is 12.7 Å². The number of nitrogens with one attached hydrogen (secondary N) is 2. The fourth-order valence-corrected chi connectivity index (χ4v) is 1.92. The third-order valence-electron chi connectivity index (χ3n) is 3.22. The molecule has 1 aromatic heterocycles. The van der Waals surface area contributed by atoms with Crippen molar-refractivity contribution >= 4 is 17.5 Å². The minimum Gasteiger partial charge on any atom is -0.359 e. The SMILES string of the molecule is CNC(=O)CCc1cc(NC(=O)c2cnc(C)cn2)ccc1F. The second-order valence-corrected chi connectivity index (χ2v) is 4.98. The number of aromatic nitrogens is 2. The number of anilines is 1. The third-order valence-corrected chi connectivity index (χ3v) is 3.22. The second kappa shape index (κ2) is 7.44. The number of rotatable bonds is 5. The summed E-state index contributed by atoms with van der Waals surface area (Å²) in [4.78, 5) is 31.3. The maximum Gasteiger partial charge on any atom is 0.275 e. The summed E-state index contributed by atoms with van der Waals surface area (Å²) in [6, 6.07) is 4.23. The maximum atomic E-state index is 13.8. The van der Waals surface area contributed by atoms with E-state index in [1.165, 1.54) is 37.6 Å². The molecule has 0 saturated carbocycles. The Balaban J connectivity index is 2.09. The average molecular weight is 316 g/mol. The molecule has 7 heteroatoms. The zero-order chi connectivity index (χ0) is 16.8. The molecule has 0 aliphatic carbocycles. The number of halogens is 1. The van der Waals surface area contributed by atoms with Gasteiger partial charge in [0.2, 0.25) is 5.91 Å². The molecule has 0 saturated heterocycles. The van der Waals surface area contributed by atoms with Gasteiger partial charge in [-0.25, -0.2) is 9.37 Å². The van der Waals surface area contributed by atoms with Crippen LogP contribution in [0.25, 0.3) is 0 Å². The van der Waals surface area contributed by atoms with Crippen LogP contribution in [0.5, 0.6) is 0 Å². The summed E-state index contributed by atoms with van der Waals surface area (Å²) < 4.78 is 13.8. The Morgan fingerprint density at radius 2 is 2.00 bits per heavy atom. The van der Waals surface area contributed by atoms with Crippen LogP contribution in [0.4, 0.5) is 10.1 Å². The number of carbonyl (C=O) groups is 2. The Labute approximate surface area is 133 Å². The molecule has 0 aliphatic heterocycles. The van der Waals surface area contributed by atoms with Gasteiger partial charge in [0.05, 0.1) is 11.9 Å². The number of benzene rings is 1. The zero-order valence-electron chi connectivity index (χ0n) is 12.9. The van der Waals surface area contributed by atoms with Gasteiger partial charge in [-0.3, -0.25) is 14.6 Å². The van der Waals surface area contributed by atoms with Crippen molar-refractivity contribution in [3.05, 3.63) is 53.4 Å². The van der Waals surface area contributed by atoms with Gasteiger partial charge < -0.3 is 10.6 Å². The van der Waals surface area contributed by atoms with Crippen molar-refractivity contribution in [3.8, 4) is 0 Å². The minimum absolute atomic E-state index is 0.172. The van der Waals surface area contributed by atoms with Crippen molar-refractivity contribution in [1.82, 2.24) is 15.3 Å². The third kappa shape index (κ3) is 4.57. The molecule has 0 aliphatic rings. The Morgan fingerprint density at radius 1 is 1.22 bits per heavy atom. The van der Waals surface area contributed by atoms with Crippen molar-refractivity contribution in [3.63, 3.8) is 0 Å². The smallest absolute Gasteiger partial charge is 0.275 e. The number of carbonyl (C=O) groups excluding carboxylic acids is 2. The molecule has 2 aromatic rings. The predicted octanol–water partition coefficient (Wildman–Crippen LogP) is 1.86. The number of hydrogen-bond acceptors (Lipinski definition) is 4. The Kier molecular flexibility index (Phi) is 5.35. The Hall–Kier alpha value is -2.83. The van der Waals surface area contributed by atoms with E-state index in [1.807, 2.05) is 0 Å². The van der Waals surface area contributed by atoms with Gasteiger partial charge >= 0.3 is 0 Å². The highest BCUT2D eigenvalue weighted by Gasteiger charge is 2.11. The van der Waals surface area contributed by atoms with Gasteiger partial charge in [0.15, 0.2) is 0 Å². The van der Waals surface area contributed by atoms with Gasteiger partial charge in [-0.15, -0.1) is 0 Å². The van der Waals surface area contributed by atoms with Crippen LogP contribution < -0.4 is 10.6 Å². The molecule has 0 spiro atoms. The van der Waals surface area contributed by atoms with Crippen LogP contribution in [-0.4, -0.2) is 28.8 Å². The van der Waals surface area contributed by atoms with Crippen molar-refractivity contribution in [2.45, 2.75) is 19.8 Å². The lowest BCUT2D eigenvalue weighted by molar-refractivity contribution is -0.120. The first-order valence-corrected chi connectivity index (χ1v) is 7.08.